The van der Waals surface area contributed by atoms with Crippen molar-refractivity contribution < 1.29 is 0 Å². The molecule has 0 nitrogen and oxygen atoms in total. The number of thiocarbonyl (C=S) groups is 1. The minimum Gasteiger partial charge on any atom is -0.114 e. The van der Waals surface area contributed by atoms with Gasteiger partial charge in [0.1, 0.15) is 0 Å². The van der Waals surface area contributed by atoms with Crippen molar-refractivity contribution in [3.8, 4) is 0 Å². The molecule has 1 aromatic carbocycles. The minimum atomic E-state index is 0.824. The smallest absolute Gasteiger partial charge is 0.0544 e. The van der Waals surface area contributed by atoms with Crippen LogP contribution in [-0.4, -0.2) is 15.4 Å². The third-order valence-corrected chi connectivity index (χ3v) is 8.05. The standard InChI is InChI=1S/C17H16S3/c18-16-12-6-2-1-5-11(12)9-10-13(16)17-19-14-7-3-4-8-15(14)20-17/h1-2,5-6,9-10,14-15H,3-4,7-8H2. The van der Waals surface area contributed by atoms with Gasteiger partial charge in [0.15, 0.2) is 0 Å². The van der Waals surface area contributed by atoms with Gasteiger partial charge in [0, 0.05) is 25.9 Å². The predicted molar refractivity (Wildman–Crippen MR) is 95.4 cm³/mol. The Balaban J connectivity index is 1.70. The van der Waals surface area contributed by atoms with Crippen LogP contribution in [0.1, 0.15) is 36.8 Å². The Morgan fingerprint density at radius 3 is 2.40 bits per heavy atom. The molecule has 0 aromatic heterocycles. The number of rotatable bonds is 0. The van der Waals surface area contributed by atoms with Gasteiger partial charge in [-0.1, -0.05) is 61.5 Å². The Morgan fingerprint density at radius 2 is 1.65 bits per heavy atom. The first-order chi connectivity index (χ1) is 9.83. The number of hydrogen-bond donors (Lipinski definition) is 0. The van der Waals surface area contributed by atoms with Crippen LogP contribution < -0.4 is 0 Å². The first-order valence-electron chi connectivity index (χ1n) is 7.22. The molecule has 3 heteroatoms. The lowest BCUT2D eigenvalue weighted by atomic mass is 9.94. The molecule has 0 bridgehead atoms. The molecule has 2 fully saturated rings. The van der Waals surface area contributed by atoms with Crippen molar-refractivity contribution in [3.05, 3.63) is 51.3 Å². The van der Waals surface area contributed by atoms with E-state index in [1.54, 1.807) is 0 Å². The second-order valence-electron chi connectivity index (χ2n) is 5.55. The van der Waals surface area contributed by atoms with Gasteiger partial charge in [-0.15, -0.1) is 23.5 Å². The molecule has 4 rings (SSSR count). The molecule has 1 aromatic rings. The highest BCUT2D eigenvalue weighted by Gasteiger charge is 2.36. The fourth-order valence-corrected chi connectivity index (χ4v) is 7.24. The molecule has 1 saturated carbocycles. The van der Waals surface area contributed by atoms with E-state index in [9.17, 15) is 0 Å². The third kappa shape index (κ3) is 2.20. The van der Waals surface area contributed by atoms with Crippen LogP contribution in [0.15, 0.2) is 40.2 Å². The molecule has 102 valence electrons. The molecule has 1 heterocycles. The average Bonchev–Trinajstić information content (AvgIpc) is 2.91. The summed E-state index contributed by atoms with van der Waals surface area (Å²) in [7, 11) is 0. The molecule has 2 unspecified atom stereocenters. The summed E-state index contributed by atoms with van der Waals surface area (Å²) in [5, 5.41) is 1.65. The van der Waals surface area contributed by atoms with Gasteiger partial charge in [0.05, 0.1) is 4.86 Å². The maximum Gasteiger partial charge on any atom is 0.0544 e. The zero-order chi connectivity index (χ0) is 13.5. The molecule has 2 aliphatic carbocycles. The van der Waals surface area contributed by atoms with Gasteiger partial charge >= 0.3 is 0 Å². The van der Waals surface area contributed by atoms with Gasteiger partial charge in [-0.25, -0.2) is 0 Å². The van der Waals surface area contributed by atoms with E-state index < -0.39 is 0 Å². The Labute approximate surface area is 134 Å². The summed E-state index contributed by atoms with van der Waals surface area (Å²) < 4.78 is 1.47. The second-order valence-corrected chi connectivity index (χ2v) is 8.71. The van der Waals surface area contributed by atoms with Crippen molar-refractivity contribution in [1.82, 2.24) is 0 Å². The van der Waals surface area contributed by atoms with Crippen LogP contribution in [0.5, 0.6) is 0 Å². The molecular formula is C17H16S3. The van der Waals surface area contributed by atoms with E-state index in [2.05, 4.69) is 59.9 Å². The molecule has 0 N–H and O–H groups in total. The van der Waals surface area contributed by atoms with E-state index in [-0.39, 0.29) is 0 Å². The predicted octanol–water partition coefficient (Wildman–Crippen LogP) is 5.43. The highest BCUT2D eigenvalue weighted by Crippen LogP contribution is 2.54. The Bertz CT molecular complexity index is 611. The zero-order valence-electron chi connectivity index (χ0n) is 11.2. The summed E-state index contributed by atoms with van der Waals surface area (Å²) in [5.74, 6) is 0. The van der Waals surface area contributed by atoms with E-state index in [1.165, 1.54) is 46.6 Å². The molecule has 1 saturated heterocycles. The maximum absolute atomic E-state index is 5.75. The molecule has 0 spiro atoms. The van der Waals surface area contributed by atoms with Crippen LogP contribution in [0.3, 0.4) is 0 Å². The third-order valence-electron chi connectivity index (χ3n) is 4.26. The number of hydrogen-bond acceptors (Lipinski definition) is 3. The normalized spacial score (nSPS) is 28.5. The number of allylic oxidation sites excluding steroid dienone is 2. The molecular weight excluding hydrogens is 300 g/mol. The van der Waals surface area contributed by atoms with Gasteiger partial charge in [-0.3, -0.25) is 0 Å². The van der Waals surface area contributed by atoms with Crippen LogP contribution in [0.2, 0.25) is 0 Å². The highest BCUT2D eigenvalue weighted by molar-refractivity contribution is 8.26. The van der Waals surface area contributed by atoms with E-state index in [0.29, 0.717) is 0 Å². The van der Waals surface area contributed by atoms with Gasteiger partial charge in [-0.2, -0.15) is 0 Å². The van der Waals surface area contributed by atoms with E-state index in [1.807, 2.05) is 0 Å². The van der Waals surface area contributed by atoms with Crippen molar-refractivity contribution in [2.24, 2.45) is 0 Å². The number of benzene rings is 1. The molecule has 20 heavy (non-hydrogen) atoms. The van der Waals surface area contributed by atoms with Gasteiger partial charge in [0.2, 0.25) is 0 Å². The van der Waals surface area contributed by atoms with Crippen molar-refractivity contribution >= 4 is 46.7 Å². The zero-order valence-corrected chi connectivity index (χ0v) is 13.6. The Hall–Kier alpha value is -0.510. The van der Waals surface area contributed by atoms with Gasteiger partial charge in [-0.05, 0) is 18.4 Å². The largest absolute Gasteiger partial charge is 0.114 e. The lowest BCUT2D eigenvalue weighted by molar-refractivity contribution is 0.532. The highest BCUT2D eigenvalue weighted by atomic mass is 32.2. The average molecular weight is 317 g/mol. The summed E-state index contributed by atoms with van der Waals surface area (Å²) in [5.41, 5.74) is 3.78. The van der Waals surface area contributed by atoms with Crippen LogP contribution in [0, 0.1) is 0 Å². The summed E-state index contributed by atoms with van der Waals surface area (Å²) >= 11 is 9.91. The summed E-state index contributed by atoms with van der Waals surface area (Å²) in [6.45, 7) is 0. The molecule has 0 amide bonds. The number of fused-ring (bicyclic) bond motifs is 2. The fourth-order valence-electron chi connectivity index (χ4n) is 3.17. The van der Waals surface area contributed by atoms with Crippen LogP contribution in [0.4, 0.5) is 0 Å². The molecule has 2 atom stereocenters. The minimum absolute atomic E-state index is 0.824. The summed E-state index contributed by atoms with van der Waals surface area (Å²) in [6.07, 6.45) is 10.0. The monoisotopic (exact) mass is 316 g/mol. The van der Waals surface area contributed by atoms with Crippen LogP contribution in [0.25, 0.3) is 6.08 Å². The van der Waals surface area contributed by atoms with Crippen molar-refractivity contribution in [2.45, 2.75) is 36.2 Å². The van der Waals surface area contributed by atoms with Gasteiger partial charge < -0.3 is 0 Å². The maximum atomic E-state index is 5.75. The van der Waals surface area contributed by atoms with Crippen molar-refractivity contribution in [3.63, 3.8) is 0 Å². The van der Waals surface area contributed by atoms with Crippen molar-refractivity contribution in [2.75, 3.05) is 0 Å². The van der Waals surface area contributed by atoms with Gasteiger partial charge in [0.25, 0.3) is 0 Å². The lowest BCUT2D eigenvalue weighted by Crippen LogP contribution is -2.19. The Morgan fingerprint density at radius 1 is 0.950 bits per heavy atom. The van der Waals surface area contributed by atoms with E-state index in [4.69, 9.17) is 12.2 Å². The fraction of sp³-hybridized carbons (Fsp3) is 0.353. The lowest BCUT2D eigenvalue weighted by Gasteiger charge is -2.21. The van der Waals surface area contributed by atoms with E-state index in [0.717, 1.165) is 15.4 Å². The topological polar surface area (TPSA) is 0 Å². The first-order valence-corrected chi connectivity index (χ1v) is 9.39. The SMILES string of the molecule is S=C1C(=C2SC3CCCCC3S2)C=Cc2ccccc21. The van der Waals surface area contributed by atoms with Crippen molar-refractivity contribution in [1.29, 1.82) is 0 Å². The number of thioether (sulfide) groups is 2. The first kappa shape index (κ1) is 13.2. The summed E-state index contributed by atoms with van der Waals surface area (Å²) in [4.78, 5) is 1.04. The quantitative estimate of drug-likeness (QED) is 0.462. The Kier molecular flexibility index (Phi) is 3.53. The van der Waals surface area contributed by atoms with Crippen LogP contribution >= 0.6 is 35.7 Å². The van der Waals surface area contributed by atoms with Crippen LogP contribution in [-0.2, 0) is 0 Å². The summed E-state index contributed by atoms with van der Waals surface area (Å²) in [6, 6.07) is 8.46. The molecule has 1 aliphatic heterocycles. The molecule has 0 radical (unpaired) electrons. The molecule has 3 aliphatic rings. The van der Waals surface area contributed by atoms with E-state index >= 15 is 0 Å². The second kappa shape index (κ2) is 5.36.